The molecule has 0 saturated carbocycles. The number of Topliss-reactive ketones (excluding diaryl/α,β-unsaturated/α-hetero) is 1. The molecule has 0 aromatic heterocycles. The van der Waals surface area contributed by atoms with Gasteiger partial charge < -0.3 is 18.6 Å². The molecule has 33 heavy (non-hydrogen) atoms. The Kier molecular flexibility index (Phi) is 11.0. The van der Waals surface area contributed by atoms with Gasteiger partial charge in [0.1, 0.15) is 17.7 Å². The lowest BCUT2D eigenvalue weighted by atomic mass is 9.84. The minimum atomic E-state index is -2.34. The molecule has 1 fully saturated rings. The molecule has 0 spiro atoms. The minimum Gasteiger partial charge on any atom is -0.463 e. The van der Waals surface area contributed by atoms with Gasteiger partial charge in [-0.3, -0.25) is 14.4 Å². The second-order valence-corrected chi connectivity index (χ2v) is 13.9. The highest BCUT2D eigenvalue weighted by atomic mass is 32.2. The van der Waals surface area contributed by atoms with Crippen molar-refractivity contribution in [2.45, 2.75) is 89.6 Å². The van der Waals surface area contributed by atoms with Crippen LogP contribution in [-0.2, 0) is 37.8 Å². The van der Waals surface area contributed by atoms with Gasteiger partial charge in [-0.15, -0.1) is 0 Å². The number of carbonyl (C=O) groups excluding carboxylic acids is 4. The van der Waals surface area contributed by atoms with Crippen LogP contribution in [0, 0.1) is 0 Å². The van der Waals surface area contributed by atoms with E-state index in [-0.39, 0.29) is 10.9 Å². The number of ether oxygens (including phenoxy) is 3. The number of ketones is 1. The summed E-state index contributed by atoms with van der Waals surface area (Å²) < 4.78 is 22.7. The highest BCUT2D eigenvalue weighted by Crippen LogP contribution is 2.41. The number of carbonyl (C=O) groups is 4. The van der Waals surface area contributed by atoms with Crippen LogP contribution in [-0.4, -0.2) is 74.0 Å². The van der Waals surface area contributed by atoms with Gasteiger partial charge in [0.25, 0.3) is 5.78 Å². The molecule has 1 saturated heterocycles. The zero-order valence-electron chi connectivity index (χ0n) is 20.2. The van der Waals surface area contributed by atoms with Gasteiger partial charge in [-0.05, 0) is 30.6 Å². The van der Waals surface area contributed by atoms with Gasteiger partial charge in [-0.1, -0.05) is 37.6 Å². The second kappa shape index (κ2) is 12.5. The summed E-state index contributed by atoms with van der Waals surface area (Å²) in [5.41, 5.74) is 8.00. The Morgan fingerprint density at radius 1 is 1.15 bits per heavy atom. The fourth-order valence-corrected chi connectivity index (χ4v) is 7.54. The van der Waals surface area contributed by atoms with E-state index in [1.165, 1.54) is 6.92 Å². The Morgan fingerprint density at radius 2 is 1.73 bits per heavy atom. The lowest BCUT2D eigenvalue weighted by Crippen LogP contribution is -2.69. The summed E-state index contributed by atoms with van der Waals surface area (Å²) in [7, 11) is -1.31. The Hall–Kier alpha value is -1.92. The maximum Gasteiger partial charge on any atom is 0.377 e. The molecule has 11 nitrogen and oxygen atoms in total. The number of thioether (sulfide) groups is 1. The predicted molar refractivity (Wildman–Crippen MR) is 124 cm³/mol. The van der Waals surface area contributed by atoms with Crippen LogP contribution < -0.4 is 0 Å². The van der Waals surface area contributed by atoms with Gasteiger partial charge >= 0.3 is 11.9 Å². The molecule has 0 aliphatic carbocycles. The maximum atomic E-state index is 12.8. The van der Waals surface area contributed by atoms with Crippen molar-refractivity contribution in [2.75, 3.05) is 12.9 Å². The molecule has 5 unspecified atom stereocenters. The number of hydrogen-bond donors (Lipinski definition) is 0. The standard InChI is InChI=1S/C20H33N3O8SSi/c1-8-33(9-2,10-3)31-18-14(22-23-21)16(29-12(4)24)17(15(26)19(27)28-7)30-20(18,6)11-32-13(5)25/h14,16-18H,8-11H2,1-7H3. The monoisotopic (exact) mass is 503 g/mol. The van der Waals surface area contributed by atoms with E-state index in [9.17, 15) is 24.7 Å². The first-order valence-electron chi connectivity index (χ1n) is 10.8. The first-order chi connectivity index (χ1) is 15.4. The van der Waals surface area contributed by atoms with Gasteiger partial charge in [0, 0.05) is 24.5 Å². The second-order valence-electron chi connectivity index (χ2n) is 8.04. The molecule has 1 aliphatic heterocycles. The molecule has 1 heterocycles. The number of methoxy groups -OCH3 is 1. The van der Waals surface area contributed by atoms with Crippen LogP contribution in [0.15, 0.2) is 5.11 Å². The summed E-state index contributed by atoms with van der Waals surface area (Å²) in [5.74, 6) is -2.99. The third-order valence-electron chi connectivity index (χ3n) is 5.95. The smallest absolute Gasteiger partial charge is 0.377 e. The van der Waals surface area contributed by atoms with Crippen molar-refractivity contribution in [2.24, 2.45) is 5.11 Å². The minimum absolute atomic E-state index is 0.0593. The average Bonchev–Trinajstić information content (AvgIpc) is 2.78. The van der Waals surface area contributed by atoms with Crippen LogP contribution in [0.4, 0.5) is 0 Å². The van der Waals surface area contributed by atoms with E-state index in [0.29, 0.717) is 0 Å². The molecule has 0 bridgehead atoms. The number of nitrogens with zero attached hydrogens (tertiary/aromatic N) is 3. The fourth-order valence-electron chi connectivity index (χ4n) is 3.89. The van der Waals surface area contributed by atoms with Crippen LogP contribution in [0.1, 0.15) is 41.5 Å². The average molecular weight is 504 g/mol. The van der Waals surface area contributed by atoms with E-state index in [2.05, 4.69) is 14.8 Å². The number of azide groups is 1. The lowest BCUT2D eigenvalue weighted by molar-refractivity contribution is -0.221. The van der Waals surface area contributed by atoms with Crippen molar-refractivity contribution < 1.29 is 37.8 Å². The van der Waals surface area contributed by atoms with Gasteiger partial charge in [-0.2, -0.15) is 0 Å². The SMILES string of the molecule is CC[Si](CC)(CC)OC1C(N=[N+]=[N-])C(OC(C)=O)C(C(=O)C(=O)OC)OC1(C)CSC(C)=O. The van der Waals surface area contributed by atoms with Crippen LogP contribution in [0.2, 0.25) is 18.1 Å². The van der Waals surface area contributed by atoms with Gasteiger partial charge in [0.2, 0.25) is 0 Å². The molecule has 0 N–H and O–H groups in total. The van der Waals surface area contributed by atoms with E-state index in [0.717, 1.165) is 43.9 Å². The number of esters is 2. The van der Waals surface area contributed by atoms with Crippen molar-refractivity contribution in [3.63, 3.8) is 0 Å². The molecule has 0 radical (unpaired) electrons. The van der Waals surface area contributed by atoms with Gasteiger partial charge in [-0.25, -0.2) is 4.79 Å². The highest BCUT2D eigenvalue weighted by Gasteiger charge is 2.58. The van der Waals surface area contributed by atoms with E-state index < -0.39 is 56.0 Å². The van der Waals surface area contributed by atoms with E-state index in [4.69, 9.17) is 13.9 Å². The van der Waals surface area contributed by atoms with E-state index in [1.54, 1.807) is 6.92 Å². The summed E-state index contributed by atoms with van der Waals surface area (Å²) >= 11 is 0.954. The summed E-state index contributed by atoms with van der Waals surface area (Å²) in [6.07, 6.45) is -3.95. The molecule has 13 heteroatoms. The van der Waals surface area contributed by atoms with Gasteiger partial charge in [0.15, 0.2) is 19.5 Å². The van der Waals surface area contributed by atoms with Crippen LogP contribution in [0.5, 0.6) is 0 Å². The molecule has 5 atom stereocenters. The summed E-state index contributed by atoms with van der Waals surface area (Å²) in [5, 5.41) is 3.66. The largest absolute Gasteiger partial charge is 0.463 e. The number of hydrogen-bond acceptors (Lipinski definition) is 10. The van der Waals surface area contributed by atoms with Crippen molar-refractivity contribution in [3.8, 4) is 0 Å². The van der Waals surface area contributed by atoms with E-state index >= 15 is 0 Å². The van der Waals surface area contributed by atoms with Crippen LogP contribution in [0.25, 0.3) is 10.4 Å². The Bertz CT molecular complexity index is 794. The molecule has 1 rings (SSSR count). The van der Waals surface area contributed by atoms with E-state index in [1.807, 2.05) is 20.8 Å². The Labute approximate surface area is 199 Å². The third-order valence-corrected chi connectivity index (χ3v) is 11.7. The predicted octanol–water partition coefficient (Wildman–Crippen LogP) is 3.17. The van der Waals surface area contributed by atoms with Crippen molar-refractivity contribution in [1.82, 2.24) is 0 Å². The lowest BCUT2D eigenvalue weighted by Gasteiger charge is -2.52. The van der Waals surface area contributed by atoms with Crippen molar-refractivity contribution in [3.05, 3.63) is 10.4 Å². The van der Waals surface area contributed by atoms with Crippen LogP contribution >= 0.6 is 11.8 Å². The fraction of sp³-hybridized carbons (Fsp3) is 0.800. The Balaban J connectivity index is 3.71. The zero-order chi connectivity index (χ0) is 25.4. The van der Waals surface area contributed by atoms with Gasteiger partial charge in [0.05, 0.1) is 13.2 Å². The van der Waals surface area contributed by atoms with Crippen molar-refractivity contribution >= 4 is 42.9 Å². The molecule has 0 amide bonds. The first-order valence-corrected chi connectivity index (χ1v) is 14.3. The molecule has 186 valence electrons. The normalized spacial score (nSPS) is 27.2. The molecule has 1 aliphatic rings. The third kappa shape index (κ3) is 7.03. The molecule has 0 aromatic rings. The Morgan fingerprint density at radius 3 is 2.15 bits per heavy atom. The zero-order valence-corrected chi connectivity index (χ0v) is 22.0. The topological polar surface area (TPSA) is 154 Å². The summed E-state index contributed by atoms with van der Waals surface area (Å²) in [6.45, 7) is 10.2. The molecule has 0 aromatic carbocycles. The summed E-state index contributed by atoms with van der Waals surface area (Å²) in [6, 6.07) is 1.11. The quantitative estimate of drug-likeness (QED) is 0.103. The highest BCUT2D eigenvalue weighted by molar-refractivity contribution is 8.13. The summed E-state index contributed by atoms with van der Waals surface area (Å²) in [4.78, 5) is 51.4. The molecular formula is C20H33N3O8SSi. The van der Waals surface area contributed by atoms with Crippen molar-refractivity contribution in [1.29, 1.82) is 0 Å². The molecular weight excluding hydrogens is 470 g/mol. The number of rotatable bonds is 11. The van der Waals surface area contributed by atoms with Crippen LogP contribution in [0.3, 0.4) is 0 Å². The maximum absolute atomic E-state index is 12.8. The first kappa shape index (κ1) is 29.1.